The van der Waals surface area contributed by atoms with Crippen LogP contribution >= 0.6 is 23.2 Å². The van der Waals surface area contributed by atoms with E-state index in [-0.39, 0.29) is 34.1 Å². The first-order chi connectivity index (χ1) is 20.2. The molecule has 2 aromatic carbocycles. The third-order valence-corrected chi connectivity index (χ3v) is 9.71. The Balaban J connectivity index is 1.41. The van der Waals surface area contributed by atoms with Crippen LogP contribution in [0.3, 0.4) is 0 Å². The maximum absolute atomic E-state index is 16.0. The summed E-state index contributed by atoms with van der Waals surface area (Å²) in [4.78, 5) is 48.9. The number of rotatable bonds is 5. The first kappa shape index (κ1) is 27.3. The molecule has 8 nitrogen and oxygen atoms in total. The number of benzene rings is 2. The monoisotopic (exact) mass is 608 g/mol. The van der Waals surface area contributed by atoms with Crippen LogP contribution in [0.15, 0.2) is 54.7 Å². The molecule has 7 rings (SSSR count). The average Bonchev–Trinajstić information content (AvgIpc) is 3.70. The first-order valence-electron chi connectivity index (χ1n) is 13.9. The molecule has 3 fully saturated rings. The molecule has 42 heavy (non-hydrogen) atoms. The molecular weight excluding hydrogens is 582 g/mol. The molecule has 1 saturated carbocycles. The van der Waals surface area contributed by atoms with E-state index in [0.717, 1.165) is 12.8 Å². The van der Waals surface area contributed by atoms with Crippen LogP contribution in [-0.4, -0.2) is 53.9 Å². The van der Waals surface area contributed by atoms with Crippen LogP contribution in [0.2, 0.25) is 10.0 Å². The number of nitrogens with zero attached hydrogens (tertiary/aromatic N) is 3. The minimum atomic E-state index is -1.35. The minimum absolute atomic E-state index is 0.0720. The first-order valence-corrected chi connectivity index (χ1v) is 14.7. The Morgan fingerprint density at radius 2 is 1.95 bits per heavy atom. The molecule has 3 aliphatic heterocycles. The normalized spacial score (nSPS) is 26.8. The Morgan fingerprint density at radius 3 is 2.67 bits per heavy atom. The van der Waals surface area contributed by atoms with Crippen molar-refractivity contribution < 1.29 is 23.5 Å². The van der Waals surface area contributed by atoms with Gasteiger partial charge in [-0.2, -0.15) is 0 Å². The Labute approximate surface area is 251 Å². The van der Waals surface area contributed by atoms with Crippen LogP contribution in [0, 0.1) is 17.7 Å². The fourth-order valence-corrected chi connectivity index (χ4v) is 7.61. The molecule has 1 spiro atoms. The van der Waals surface area contributed by atoms with Gasteiger partial charge in [-0.25, -0.2) is 14.2 Å². The van der Waals surface area contributed by atoms with Crippen LogP contribution in [0.4, 0.5) is 15.8 Å². The van der Waals surface area contributed by atoms with E-state index in [0.29, 0.717) is 47.4 Å². The number of methoxy groups -OCH3 is 1. The SMILES string of the molecule is COC(=O)c1ccc(N2CC[C@H]3[C@@H](C2=O)[C@H](c2cccc(Cl)c2F)[C@]2(C(=O)Nc4cc(Cl)ccc42)N3CC2CC2)cn1. The Kier molecular flexibility index (Phi) is 6.53. The van der Waals surface area contributed by atoms with E-state index < -0.39 is 29.2 Å². The Morgan fingerprint density at radius 1 is 1.14 bits per heavy atom. The Bertz CT molecular complexity index is 1630. The van der Waals surface area contributed by atoms with E-state index in [1.165, 1.54) is 25.4 Å². The second-order valence-corrected chi connectivity index (χ2v) is 12.2. The molecule has 1 aromatic heterocycles. The standard InChI is InChI=1S/C31H27Cl2FN4O4/c1-42-29(40)22-10-8-18(14-35-22)37-12-11-24-25(28(37)39)26(19-3-2-4-21(33)27(19)34)31(38(24)15-16-5-6-16)20-9-7-17(32)13-23(20)36-30(31)41/h2-4,7-10,13-14,16,24-26H,5-6,11-12,15H2,1H3,(H,36,41)/t24-,25+,26-,31+/m0/s1. The second kappa shape index (κ2) is 10.0. The highest BCUT2D eigenvalue weighted by Crippen LogP contribution is 2.62. The molecule has 216 valence electrons. The summed E-state index contributed by atoms with van der Waals surface area (Å²) in [6.07, 6.45) is 4.09. The number of fused-ring (bicyclic) bond motifs is 3. The third-order valence-electron chi connectivity index (χ3n) is 9.19. The fourth-order valence-electron chi connectivity index (χ4n) is 7.26. The van der Waals surface area contributed by atoms with Crippen molar-refractivity contribution >= 4 is 52.4 Å². The summed E-state index contributed by atoms with van der Waals surface area (Å²) in [5, 5.41) is 3.41. The van der Waals surface area contributed by atoms with Gasteiger partial charge in [0.05, 0.1) is 29.9 Å². The van der Waals surface area contributed by atoms with E-state index in [1.807, 2.05) is 6.07 Å². The van der Waals surface area contributed by atoms with Gasteiger partial charge in [0.15, 0.2) is 0 Å². The van der Waals surface area contributed by atoms with Crippen LogP contribution in [0.25, 0.3) is 0 Å². The lowest BCUT2D eigenvalue weighted by Gasteiger charge is -2.40. The van der Waals surface area contributed by atoms with Crippen LogP contribution in [0.5, 0.6) is 0 Å². The number of amides is 2. The molecule has 11 heteroatoms. The largest absolute Gasteiger partial charge is 0.464 e. The number of carbonyl (C=O) groups is 3. The molecule has 2 amide bonds. The number of piperidine rings is 1. The number of hydrogen-bond acceptors (Lipinski definition) is 6. The van der Waals surface area contributed by atoms with Crippen molar-refractivity contribution in [3.8, 4) is 0 Å². The molecule has 1 N–H and O–H groups in total. The lowest BCUT2D eigenvalue weighted by Crippen LogP contribution is -2.54. The van der Waals surface area contributed by atoms with Crippen LogP contribution in [-0.2, 0) is 19.9 Å². The number of anilines is 2. The summed E-state index contributed by atoms with van der Waals surface area (Å²) in [5.74, 6) is -3.02. The van der Waals surface area contributed by atoms with Crippen LogP contribution in [0.1, 0.15) is 46.8 Å². The smallest absolute Gasteiger partial charge is 0.356 e. The fraction of sp³-hybridized carbons (Fsp3) is 0.355. The van der Waals surface area contributed by atoms with Crippen molar-refractivity contribution in [2.24, 2.45) is 11.8 Å². The minimum Gasteiger partial charge on any atom is -0.464 e. The zero-order valence-corrected chi connectivity index (χ0v) is 24.2. The molecule has 3 aromatic rings. The number of ether oxygens (including phenoxy) is 1. The Hall–Kier alpha value is -3.53. The maximum Gasteiger partial charge on any atom is 0.356 e. The lowest BCUT2D eigenvalue weighted by atomic mass is 9.70. The summed E-state index contributed by atoms with van der Waals surface area (Å²) in [5.41, 5.74) is 0.751. The molecule has 0 unspecified atom stereocenters. The van der Waals surface area contributed by atoms with E-state index >= 15 is 4.39 Å². The molecular formula is C31H27Cl2FN4O4. The van der Waals surface area contributed by atoms with Gasteiger partial charge < -0.3 is 15.0 Å². The van der Waals surface area contributed by atoms with E-state index in [2.05, 4.69) is 15.2 Å². The van der Waals surface area contributed by atoms with Gasteiger partial charge in [0.2, 0.25) is 11.8 Å². The molecule has 2 saturated heterocycles. The molecule has 4 heterocycles. The van der Waals surface area contributed by atoms with Gasteiger partial charge in [0.1, 0.15) is 17.1 Å². The highest BCUT2D eigenvalue weighted by atomic mass is 35.5. The van der Waals surface area contributed by atoms with Gasteiger partial charge in [-0.15, -0.1) is 0 Å². The van der Waals surface area contributed by atoms with Crippen molar-refractivity contribution in [1.82, 2.24) is 9.88 Å². The van der Waals surface area contributed by atoms with Gasteiger partial charge in [0.25, 0.3) is 0 Å². The van der Waals surface area contributed by atoms with Crippen molar-refractivity contribution in [3.63, 3.8) is 0 Å². The number of carbonyl (C=O) groups excluding carboxylic acids is 3. The summed E-state index contributed by atoms with van der Waals surface area (Å²) < 4.78 is 20.8. The predicted molar refractivity (Wildman–Crippen MR) is 155 cm³/mol. The van der Waals surface area contributed by atoms with Gasteiger partial charge in [0, 0.05) is 41.3 Å². The number of pyridine rings is 1. The highest BCUT2D eigenvalue weighted by Gasteiger charge is 2.70. The highest BCUT2D eigenvalue weighted by molar-refractivity contribution is 6.31. The quantitative estimate of drug-likeness (QED) is 0.390. The maximum atomic E-state index is 16.0. The topological polar surface area (TPSA) is 91.8 Å². The molecule has 0 bridgehead atoms. The summed E-state index contributed by atoms with van der Waals surface area (Å²) in [6.45, 7) is 0.980. The van der Waals surface area contributed by atoms with Crippen molar-refractivity contribution in [2.75, 3.05) is 30.4 Å². The zero-order chi connectivity index (χ0) is 29.3. The summed E-state index contributed by atoms with van der Waals surface area (Å²) in [7, 11) is 1.27. The number of aromatic nitrogens is 1. The van der Waals surface area contributed by atoms with E-state index in [1.54, 1.807) is 35.2 Å². The number of halogens is 3. The number of likely N-dealkylation sites (tertiary alicyclic amines) is 1. The van der Waals surface area contributed by atoms with Gasteiger partial charge >= 0.3 is 5.97 Å². The van der Waals surface area contributed by atoms with Gasteiger partial charge in [-0.3, -0.25) is 14.5 Å². The van der Waals surface area contributed by atoms with Crippen molar-refractivity contribution in [1.29, 1.82) is 0 Å². The van der Waals surface area contributed by atoms with Gasteiger partial charge in [-0.05, 0) is 61.1 Å². The number of esters is 1. The lowest BCUT2D eigenvalue weighted by molar-refractivity contribution is -0.128. The molecule has 0 radical (unpaired) electrons. The second-order valence-electron chi connectivity index (χ2n) is 11.4. The zero-order valence-electron chi connectivity index (χ0n) is 22.6. The van der Waals surface area contributed by atoms with Crippen LogP contribution < -0.4 is 10.2 Å². The van der Waals surface area contributed by atoms with E-state index in [9.17, 15) is 14.4 Å². The molecule has 4 aliphatic rings. The number of nitrogens with one attached hydrogen (secondary N) is 1. The van der Waals surface area contributed by atoms with E-state index in [4.69, 9.17) is 27.9 Å². The average molecular weight is 609 g/mol. The predicted octanol–water partition coefficient (Wildman–Crippen LogP) is 5.39. The summed E-state index contributed by atoms with van der Waals surface area (Å²) >= 11 is 12.6. The molecule has 4 atom stereocenters. The van der Waals surface area contributed by atoms with Crippen molar-refractivity contribution in [2.45, 2.75) is 36.8 Å². The van der Waals surface area contributed by atoms with Gasteiger partial charge in [-0.1, -0.05) is 41.4 Å². The third kappa shape index (κ3) is 3.97. The number of hydrogen-bond donors (Lipinski definition) is 1. The summed E-state index contributed by atoms with van der Waals surface area (Å²) in [6, 6.07) is 12.8. The van der Waals surface area contributed by atoms with Crippen molar-refractivity contribution in [3.05, 3.63) is 87.4 Å². The molecule has 1 aliphatic carbocycles.